The van der Waals surface area contributed by atoms with Crippen LogP contribution in [0.2, 0.25) is 0 Å². The van der Waals surface area contributed by atoms with Crippen LogP contribution in [-0.2, 0) is 4.79 Å². The molecule has 6 nitrogen and oxygen atoms in total. The van der Waals surface area contributed by atoms with E-state index < -0.39 is 0 Å². The predicted molar refractivity (Wildman–Crippen MR) is 118 cm³/mol. The van der Waals surface area contributed by atoms with E-state index in [0.717, 1.165) is 34.1 Å². The van der Waals surface area contributed by atoms with Crippen LogP contribution in [-0.4, -0.2) is 33.0 Å². The Labute approximate surface area is 174 Å². The average molecular weight is 407 g/mol. The van der Waals surface area contributed by atoms with Crippen LogP contribution < -0.4 is 4.74 Å². The standard InChI is InChI=1S/C22H22N4O2S/c1-5-28-19-9-7-6-8-18(19)25-13(2)10-16(15(25)4)11-17-20(23)26-14(3)12-29-22(26)24-21(17)27/h6-12,23H,5H2,1-4H3/b17-11-,23-20?. The van der Waals surface area contributed by atoms with Crippen LogP contribution >= 0.6 is 11.8 Å². The number of hydrogen-bond acceptors (Lipinski definition) is 4. The Hall–Kier alpha value is -3.06. The van der Waals surface area contributed by atoms with Gasteiger partial charge in [0.2, 0.25) is 0 Å². The highest BCUT2D eigenvalue weighted by Gasteiger charge is 2.34. The monoisotopic (exact) mass is 406 g/mol. The number of hydrogen-bond donors (Lipinski definition) is 1. The molecule has 29 heavy (non-hydrogen) atoms. The summed E-state index contributed by atoms with van der Waals surface area (Å²) < 4.78 is 7.91. The number of nitrogens with one attached hydrogen (secondary N) is 1. The molecule has 7 heteroatoms. The molecule has 148 valence electrons. The van der Waals surface area contributed by atoms with Gasteiger partial charge in [-0.1, -0.05) is 23.9 Å². The van der Waals surface area contributed by atoms with Crippen LogP contribution in [0.15, 0.2) is 52.0 Å². The summed E-state index contributed by atoms with van der Waals surface area (Å²) in [5.74, 6) is 0.594. The Balaban J connectivity index is 1.79. The van der Waals surface area contributed by atoms with Crippen molar-refractivity contribution in [1.82, 2.24) is 9.47 Å². The van der Waals surface area contributed by atoms with Crippen molar-refractivity contribution in [3.8, 4) is 11.4 Å². The number of carbonyl (C=O) groups excluding carboxylic acids is 1. The van der Waals surface area contributed by atoms with Gasteiger partial charge in [-0.15, -0.1) is 0 Å². The van der Waals surface area contributed by atoms with Gasteiger partial charge in [0, 0.05) is 17.1 Å². The maximum atomic E-state index is 12.6. The molecule has 0 saturated heterocycles. The number of aliphatic imine (C=N–C) groups is 1. The number of nitrogens with zero attached hydrogens (tertiary/aromatic N) is 3. The second-order valence-electron chi connectivity index (χ2n) is 6.88. The van der Waals surface area contributed by atoms with Crippen molar-refractivity contribution >= 4 is 34.7 Å². The third-order valence-corrected chi connectivity index (χ3v) is 5.90. The highest BCUT2D eigenvalue weighted by atomic mass is 32.2. The number of carbonyl (C=O) groups is 1. The topological polar surface area (TPSA) is 70.7 Å². The number of thioether (sulfide) groups is 1. The highest BCUT2D eigenvalue weighted by molar-refractivity contribution is 8.16. The molecule has 0 bridgehead atoms. The molecule has 3 heterocycles. The van der Waals surface area contributed by atoms with Crippen LogP contribution in [0.5, 0.6) is 5.75 Å². The van der Waals surface area contributed by atoms with E-state index in [1.54, 1.807) is 11.0 Å². The van der Waals surface area contributed by atoms with Gasteiger partial charge in [-0.25, -0.2) is 0 Å². The van der Waals surface area contributed by atoms with E-state index in [1.165, 1.54) is 11.8 Å². The van der Waals surface area contributed by atoms with E-state index in [0.29, 0.717) is 17.3 Å². The van der Waals surface area contributed by atoms with E-state index in [-0.39, 0.29) is 11.7 Å². The van der Waals surface area contributed by atoms with Crippen LogP contribution in [0, 0.1) is 19.3 Å². The van der Waals surface area contributed by atoms with Crippen molar-refractivity contribution in [3.63, 3.8) is 0 Å². The maximum Gasteiger partial charge on any atom is 0.283 e. The molecular weight excluding hydrogens is 384 g/mol. The lowest BCUT2D eigenvalue weighted by molar-refractivity contribution is -0.114. The number of amidine groups is 2. The molecule has 0 aliphatic carbocycles. The molecule has 0 spiro atoms. The van der Waals surface area contributed by atoms with Crippen LogP contribution in [0.25, 0.3) is 11.8 Å². The molecule has 4 rings (SSSR count). The van der Waals surface area contributed by atoms with Gasteiger partial charge in [0.15, 0.2) is 5.17 Å². The third-order valence-electron chi connectivity index (χ3n) is 4.96. The molecule has 2 aromatic rings. The fourth-order valence-electron chi connectivity index (χ4n) is 3.62. The number of aryl methyl sites for hydroxylation is 1. The molecule has 0 unspecified atom stereocenters. The molecule has 2 aliphatic heterocycles. The summed E-state index contributed by atoms with van der Waals surface area (Å²) in [5.41, 5.74) is 5.02. The average Bonchev–Trinajstić information content (AvgIpc) is 3.19. The van der Waals surface area contributed by atoms with Crippen molar-refractivity contribution in [3.05, 3.63) is 64.0 Å². The Bertz CT molecular complexity index is 1120. The van der Waals surface area contributed by atoms with Gasteiger partial charge in [-0.3, -0.25) is 15.1 Å². The molecular formula is C22H22N4O2S. The molecule has 0 radical (unpaired) electrons. The Morgan fingerprint density at radius 1 is 1.24 bits per heavy atom. The number of ether oxygens (including phenoxy) is 1. The first-order chi connectivity index (χ1) is 13.9. The molecule has 0 fully saturated rings. The van der Waals surface area contributed by atoms with Crippen molar-refractivity contribution in [1.29, 1.82) is 5.41 Å². The first-order valence-corrected chi connectivity index (χ1v) is 10.3. The zero-order valence-corrected chi connectivity index (χ0v) is 17.6. The second kappa shape index (κ2) is 7.40. The summed E-state index contributed by atoms with van der Waals surface area (Å²) in [5, 5.41) is 11.0. The van der Waals surface area contributed by atoms with Crippen LogP contribution in [0.1, 0.15) is 30.8 Å². The van der Waals surface area contributed by atoms with Gasteiger partial charge in [0.05, 0.1) is 17.9 Å². The third kappa shape index (κ3) is 3.21. The smallest absolute Gasteiger partial charge is 0.283 e. The fourth-order valence-corrected chi connectivity index (χ4v) is 4.48. The molecule has 1 N–H and O–H groups in total. The number of fused-ring (bicyclic) bond motifs is 1. The molecule has 1 aromatic heterocycles. The zero-order chi connectivity index (χ0) is 20.7. The lowest BCUT2D eigenvalue weighted by Crippen LogP contribution is -2.37. The number of amides is 1. The minimum absolute atomic E-state index is 0.165. The Morgan fingerprint density at radius 3 is 2.76 bits per heavy atom. The lowest BCUT2D eigenvalue weighted by atomic mass is 10.1. The number of benzene rings is 1. The van der Waals surface area contributed by atoms with Gasteiger partial charge >= 0.3 is 0 Å². The van der Waals surface area contributed by atoms with Gasteiger partial charge in [-0.2, -0.15) is 4.99 Å². The molecule has 1 aromatic carbocycles. The summed E-state index contributed by atoms with van der Waals surface area (Å²) in [6, 6.07) is 9.92. The van der Waals surface area contributed by atoms with Gasteiger partial charge < -0.3 is 9.30 Å². The minimum Gasteiger partial charge on any atom is -0.492 e. The molecule has 0 saturated carbocycles. The Morgan fingerprint density at radius 2 is 2.00 bits per heavy atom. The largest absolute Gasteiger partial charge is 0.492 e. The van der Waals surface area contributed by atoms with Crippen LogP contribution in [0.3, 0.4) is 0 Å². The van der Waals surface area contributed by atoms with E-state index in [4.69, 9.17) is 10.1 Å². The van der Waals surface area contributed by atoms with Crippen LogP contribution in [0.4, 0.5) is 0 Å². The van der Waals surface area contributed by atoms with Crippen molar-refractivity contribution in [2.75, 3.05) is 6.61 Å². The number of allylic oxidation sites excluding steroid dienone is 1. The van der Waals surface area contributed by atoms with Gasteiger partial charge in [0.1, 0.15) is 11.6 Å². The van der Waals surface area contributed by atoms with E-state index >= 15 is 0 Å². The zero-order valence-electron chi connectivity index (χ0n) is 16.8. The Kier molecular flexibility index (Phi) is 4.92. The first-order valence-electron chi connectivity index (χ1n) is 9.40. The number of para-hydroxylation sites is 2. The summed E-state index contributed by atoms with van der Waals surface area (Å²) in [6.07, 6.45) is 1.77. The number of aromatic nitrogens is 1. The van der Waals surface area contributed by atoms with Crippen molar-refractivity contribution in [2.24, 2.45) is 4.99 Å². The SMILES string of the molecule is CCOc1ccccc1-n1c(C)cc(/C=C2/C(=N)N3C(C)=CSC3=NC2=O)c1C. The van der Waals surface area contributed by atoms with E-state index in [2.05, 4.69) is 9.56 Å². The maximum absolute atomic E-state index is 12.6. The lowest BCUT2D eigenvalue weighted by Gasteiger charge is -2.25. The molecule has 2 aliphatic rings. The predicted octanol–water partition coefficient (Wildman–Crippen LogP) is 4.66. The summed E-state index contributed by atoms with van der Waals surface area (Å²) in [7, 11) is 0. The normalized spacial score (nSPS) is 17.5. The summed E-state index contributed by atoms with van der Waals surface area (Å²) >= 11 is 1.37. The summed E-state index contributed by atoms with van der Waals surface area (Å²) in [6.45, 7) is 8.48. The first kappa shape index (κ1) is 19.3. The van der Waals surface area contributed by atoms with Gasteiger partial charge in [0.25, 0.3) is 5.91 Å². The van der Waals surface area contributed by atoms with Crippen molar-refractivity contribution in [2.45, 2.75) is 27.7 Å². The van der Waals surface area contributed by atoms with E-state index in [1.807, 2.05) is 63.4 Å². The molecule has 0 atom stereocenters. The summed E-state index contributed by atoms with van der Waals surface area (Å²) in [4.78, 5) is 18.5. The quantitative estimate of drug-likeness (QED) is 0.750. The minimum atomic E-state index is -0.378. The van der Waals surface area contributed by atoms with Crippen molar-refractivity contribution < 1.29 is 9.53 Å². The van der Waals surface area contributed by atoms with E-state index in [9.17, 15) is 4.79 Å². The fraction of sp³-hybridized carbons (Fsp3) is 0.227. The molecule has 1 amide bonds. The number of rotatable bonds is 4. The van der Waals surface area contributed by atoms with Gasteiger partial charge in [-0.05, 0) is 62.9 Å². The second-order valence-corrected chi connectivity index (χ2v) is 7.72. The highest BCUT2D eigenvalue weighted by Crippen LogP contribution is 2.33.